The lowest BCUT2D eigenvalue weighted by Crippen LogP contribution is -2.48. The van der Waals surface area contributed by atoms with E-state index < -0.39 is 0 Å². The van der Waals surface area contributed by atoms with Gasteiger partial charge in [0.15, 0.2) is 0 Å². The Kier molecular flexibility index (Phi) is 3.57. The highest BCUT2D eigenvalue weighted by molar-refractivity contribution is 5.78. The van der Waals surface area contributed by atoms with E-state index in [1.54, 1.807) is 4.90 Å². The third-order valence-electron chi connectivity index (χ3n) is 3.10. The molecule has 0 spiro atoms. The summed E-state index contributed by atoms with van der Waals surface area (Å²) in [7, 11) is 1.87. The van der Waals surface area contributed by atoms with Crippen molar-refractivity contribution in [2.45, 2.75) is 6.42 Å². The number of hydrogen-bond donors (Lipinski definition) is 0. The number of piperazine rings is 1. The summed E-state index contributed by atoms with van der Waals surface area (Å²) in [6.07, 6.45) is 1.03. The van der Waals surface area contributed by atoms with Crippen LogP contribution in [0, 0.1) is 0 Å². The van der Waals surface area contributed by atoms with Crippen LogP contribution in [0.3, 0.4) is 0 Å². The number of rotatable bonds is 3. The zero-order valence-electron chi connectivity index (χ0n) is 9.72. The van der Waals surface area contributed by atoms with E-state index in [1.165, 1.54) is 5.56 Å². The van der Waals surface area contributed by atoms with Gasteiger partial charge in [0, 0.05) is 26.7 Å². The normalized spacial score (nSPS) is 17.8. The minimum atomic E-state index is 0.235. The SMILES string of the molecule is CN1CCN(CCc2ccccc2)CC1=O. The first kappa shape index (κ1) is 11.1. The molecule has 1 amide bonds. The van der Waals surface area contributed by atoms with Crippen LogP contribution in [0.25, 0.3) is 0 Å². The second kappa shape index (κ2) is 5.12. The lowest BCUT2D eigenvalue weighted by Gasteiger charge is -2.31. The Hall–Kier alpha value is -1.35. The molecule has 0 atom stereocenters. The largest absolute Gasteiger partial charge is 0.343 e. The first-order valence-corrected chi connectivity index (χ1v) is 5.76. The quantitative estimate of drug-likeness (QED) is 0.755. The van der Waals surface area contributed by atoms with Crippen LogP contribution in [0.2, 0.25) is 0 Å². The van der Waals surface area contributed by atoms with Gasteiger partial charge < -0.3 is 4.90 Å². The van der Waals surface area contributed by atoms with Gasteiger partial charge in [-0.15, -0.1) is 0 Å². The van der Waals surface area contributed by atoms with Crippen LogP contribution in [0.1, 0.15) is 5.56 Å². The van der Waals surface area contributed by atoms with Crippen molar-refractivity contribution in [3.05, 3.63) is 35.9 Å². The fourth-order valence-corrected chi connectivity index (χ4v) is 1.93. The molecule has 0 aromatic heterocycles. The third kappa shape index (κ3) is 2.83. The summed E-state index contributed by atoms with van der Waals surface area (Å²) in [5.74, 6) is 0.235. The van der Waals surface area contributed by atoms with Crippen molar-refractivity contribution >= 4 is 5.91 Å². The van der Waals surface area contributed by atoms with Crippen molar-refractivity contribution in [1.82, 2.24) is 9.80 Å². The topological polar surface area (TPSA) is 23.6 Å². The minimum absolute atomic E-state index is 0.235. The number of carbonyl (C=O) groups excluding carboxylic acids is 1. The van der Waals surface area contributed by atoms with E-state index >= 15 is 0 Å². The Labute approximate surface area is 96.7 Å². The maximum Gasteiger partial charge on any atom is 0.236 e. The molecule has 1 fully saturated rings. The second-order valence-corrected chi connectivity index (χ2v) is 4.33. The lowest BCUT2D eigenvalue weighted by molar-refractivity contribution is -0.134. The van der Waals surface area contributed by atoms with Gasteiger partial charge in [-0.05, 0) is 12.0 Å². The molecular weight excluding hydrogens is 200 g/mol. The van der Waals surface area contributed by atoms with Gasteiger partial charge >= 0.3 is 0 Å². The first-order valence-electron chi connectivity index (χ1n) is 5.76. The van der Waals surface area contributed by atoms with Crippen LogP contribution in [0.4, 0.5) is 0 Å². The molecule has 2 rings (SSSR count). The van der Waals surface area contributed by atoms with Gasteiger partial charge in [-0.25, -0.2) is 0 Å². The molecule has 0 N–H and O–H groups in total. The van der Waals surface area contributed by atoms with E-state index in [0.717, 1.165) is 26.1 Å². The van der Waals surface area contributed by atoms with E-state index in [1.807, 2.05) is 13.1 Å². The molecular formula is C13H18N2O. The van der Waals surface area contributed by atoms with Crippen molar-refractivity contribution < 1.29 is 4.79 Å². The van der Waals surface area contributed by atoms with Crippen LogP contribution < -0.4 is 0 Å². The summed E-state index contributed by atoms with van der Waals surface area (Å²) in [6.45, 7) is 3.40. The Bertz CT molecular complexity index is 350. The number of carbonyl (C=O) groups is 1. The second-order valence-electron chi connectivity index (χ2n) is 4.33. The molecule has 0 radical (unpaired) electrons. The summed E-state index contributed by atoms with van der Waals surface area (Å²) in [6, 6.07) is 10.4. The molecule has 0 unspecified atom stereocenters. The lowest BCUT2D eigenvalue weighted by atomic mass is 10.1. The van der Waals surface area contributed by atoms with Crippen LogP contribution in [-0.2, 0) is 11.2 Å². The van der Waals surface area contributed by atoms with Crippen molar-refractivity contribution in [3.8, 4) is 0 Å². The van der Waals surface area contributed by atoms with E-state index in [-0.39, 0.29) is 5.91 Å². The Morgan fingerprint density at radius 3 is 2.62 bits per heavy atom. The average molecular weight is 218 g/mol. The fourth-order valence-electron chi connectivity index (χ4n) is 1.93. The number of likely N-dealkylation sites (N-methyl/N-ethyl adjacent to an activating group) is 1. The molecule has 0 saturated carbocycles. The Morgan fingerprint density at radius 1 is 1.19 bits per heavy atom. The summed E-state index contributed by atoms with van der Waals surface area (Å²) in [5.41, 5.74) is 1.34. The average Bonchev–Trinajstić information content (AvgIpc) is 2.32. The minimum Gasteiger partial charge on any atom is -0.343 e. The molecule has 16 heavy (non-hydrogen) atoms. The summed E-state index contributed by atoms with van der Waals surface area (Å²) < 4.78 is 0. The third-order valence-corrected chi connectivity index (χ3v) is 3.10. The highest BCUT2D eigenvalue weighted by Gasteiger charge is 2.20. The molecule has 3 nitrogen and oxygen atoms in total. The number of nitrogens with zero attached hydrogens (tertiary/aromatic N) is 2. The molecule has 1 aliphatic heterocycles. The van der Waals surface area contributed by atoms with Crippen LogP contribution in [0.5, 0.6) is 0 Å². The predicted octanol–water partition coefficient (Wildman–Crippen LogP) is 1.00. The van der Waals surface area contributed by atoms with Gasteiger partial charge in [0.25, 0.3) is 0 Å². The summed E-state index contributed by atoms with van der Waals surface area (Å²) in [4.78, 5) is 15.5. The maximum absolute atomic E-state index is 11.5. The molecule has 1 aliphatic rings. The Morgan fingerprint density at radius 2 is 1.94 bits per heavy atom. The zero-order chi connectivity index (χ0) is 11.4. The van der Waals surface area contributed by atoms with Gasteiger partial charge in [-0.1, -0.05) is 30.3 Å². The van der Waals surface area contributed by atoms with Gasteiger partial charge in [0.1, 0.15) is 0 Å². The smallest absolute Gasteiger partial charge is 0.236 e. The van der Waals surface area contributed by atoms with Crippen LogP contribution in [0.15, 0.2) is 30.3 Å². The predicted molar refractivity (Wildman–Crippen MR) is 64.2 cm³/mol. The molecule has 3 heteroatoms. The van der Waals surface area contributed by atoms with Crippen LogP contribution >= 0.6 is 0 Å². The van der Waals surface area contributed by atoms with E-state index in [2.05, 4.69) is 29.2 Å². The van der Waals surface area contributed by atoms with Crippen LogP contribution in [-0.4, -0.2) is 48.9 Å². The van der Waals surface area contributed by atoms with Crippen molar-refractivity contribution in [3.63, 3.8) is 0 Å². The van der Waals surface area contributed by atoms with E-state index in [9.17, 15) is 4.79 Å². The maximum atomic E-state index is 11.5. The number of benzene rings is 1. The zero-order valence-corrected chi connectivity index (χ0v) is 9.72. The molecule has 1 heterocycles. The first-order chi connectivity index (χ1) is 7.75. The van der Waals surface area contributed by atoms with Gasteiger partial charge in [-0.2, -0.15) is 0 Å². The summed E-state index contributed by atoms with van der Waals surface area (Å²) >= 11 is 0. The Balaban J connectivity index is 1.81. The van der Waals surface area contributed by atoms with Gasteiger partial charge in [-0.3, -0.25) is 9.69 Å². The highest BCUT2D eigenvalue weighted by Crippen LogP contribution is 2.04. The van der Waals surface area contributed by atoms with Crippen molar-refractivity contribution in [1.29, 1.82) is 0 Å². The fraction of sp³-hybridized carbons (Fsp3) is 0.462. The standard InChI is InChI=1S/C13H18N2O/c1-14-9-10-15(11-13(14)16)8-7-12-5-3-2-4-6-12/h2-6H,7-11H2,1H3. The molecule has 1 saturated heterocycles. The van der Waals surface area contributed by atoms with Crippen molar-refractivity contribution in [2.24, 2.45) is 0 Å². The van der Waals surface area contributed by atoms with Crippen molar-refractivity contribution in [2.75, 3.05) is 33.2 Å². The van der Waals surface area contributed by atoms with E-state index in [0.29, 0.717) is 6.54 Å². The molecule has 1 aromatic rings. The van der Waals surface area contributed by atoms with Gasteiger partial charge in [0.05, 0.1) is 6.54 Å². The number of hydrogen-bond acceptors (Lipinski definition) is 2. The monoisotopic (exact) mass is 218 g/mol. The number of amides is 1. The highest BCUT2D eigenvalue weighted by atomic mass is 16.2. The molecule has 1 aromatic carbocycles. The summed E-state index contributed by atoms with van der Waals surface area (Å²) in [5, 5.41) is 0. The molecule has 86 valence electrons. The molecule has 0 bridgehead atoms. The molecule has 0 aliphatic carbocycles. The van der Waals surface area contributed by atoms with Gasteiger partial charge in [0.2, 0.25) is 5.91 Å². The van der Waals surface area contributed by atoms with E-state index in [4.69, 9.17) is 0 Å².